The minimum Gasteiger partial charge on any atom is -0.373 e. The highest BCUT2D eigenvalue weighted by molar-refractivity contribution is 7.47. The van der Waals surface area contributed by atoms with Crippen molar-refractivity contribution in [2.45, 2.75) is 75.7 Å². The Morgan fingerprint density at radius 1 is 0.564 bits per heavy atom. The van der Waals surface area contributed by atoms with Crippen LogP contribution in [0.4, 0.5) is 0 Å². The molecule has 0 aromatic carbocycles. The summed E-state index contributed by atoms with van der Waals surface area (Å²) >= 11 is 0. The molecule has 0 heterocycles. The van der Waals surface area contributed by atoms with Gasteiger partial charge in [-0.15, -0.1) is 0 Å². The smallest absolute Gasteiger partial charge is 0.373 e. The first-order chi connectivity index (χ1) is 17.3. The Balaban J connectivity index is 4.23. The van der Waals surface area contributed by atoms with Gasteiger partial charge in [-0.3, -0.25) is 22.6 Å². The van der Waals surface area contributed by atoms with Crippen LogP contribution in [-0.4, -0.2) is 91.7 Å². The molecule has 1 saturated carbocycles. The molecule has 234 valence electrons. The van der Waals surface area contributed by atoms with Crippen LogP contribution in [0.25, 0.3) is 0 Å². The highest BCUT2D eigenvalue weighted by Crippen LogP contribution is 2.60. The van der Waals surface area contributed by atoms with Gasteiger partial charge >= 0.3 is 39.1 Å². The van der Waals surface area contributed by atoms with Gasteiger partial charge < -0.3 is 53.7 Å². The summed E-state index contributed by atoms with van der Waals surface area (Å²) in [5.41, 5.74) is -3.19. The summed E-state index contributed by atoms with van der Waals surface area (Å²) in [5, 5.41) is 0. The highest BCUT2D eigenvalue weighted by Gasteiger charge is 2.68. The largest absolute Gasteiger partial charge is 0.470 e. The Morgan fingerprint density at radius 2 is 0.974 bits per heavy atom. The molecule has 0 radical (unpaired) electrons. The van der Waals surface area contributed by atoms with E-state index in [-0.39, 0.29) is 12.8 Å². The predicted octanol–water partition coefficient (Wildman–Crippen LogP) is -0.255. The maximum Gasteiger partial charge on any atom is 0.470 e. The van der Waals surface area contributed by atoms with Gasteiger partial charge in [-0.2, -0.15) is 0 Å². The molecule has 0 amide bonds. The van der Waals surface area contributed by atoms with Crippen LogP contribution >= 0.6 is 39.1 Å². The third-order valence-corrected chi connectivity index (χ3v) is 7.58. The fraction of sp³-hybridized carbons (Fsp3) is 1.00. The van der Waals surface area contributed by atoms with Crippen LogP contribution in [0.15, 0.2) is 0 Å². The summed E-state index contributed by atoms with van der Waals surface area (Å²) in [7, 11) is -29.2. The number of rotatable bonds is 16. The molecule has 0 saturated heterocycles. The monoisotopic (exact) mass is 678 g/mol. The molecule has 1 aliphatic rings. The van der Waals surface area contributed by atoms with Crippen LogP contribution < -0.4 is 0 Å². The van der Waals surface area contributed by atoms with E-state index in [9.17, 15) is 71.8 Å². The van der Waals surface area contributed by atoms with Crippen molar-refractivity contribution in [3.8, 4) is 0 Å². The summed E-state index contributed by atoms with van der Waals surface area (Å²) < 4.78 is 87.9. The lowest BCUT2D eigenvalue weighted by Crippen LogP contribution is -2.73. The number of ether oxygens (including phenoxy) is 1. The molecular weight excluding hydrogens is 647 g/mol. The molecule has 6 atom stereocenters. The van der Waals surface area contributed by atoms with E-state index in [1.54, 1.807) is 6.92 Å². The zero-order chi connectivity index (χ0) is 30.7. The first kappa shape index (κ1) is 37.5. The zero-order valence-electron chi connectivity index (χ0n) is 20.1. The lowest BCUT2D eigenvalue weighted by atomic mass is 9.72. The Labute approximate surface area is 220 Å². The Hall–Kier alpha value is 0.510. The molecule has 21 nitrogen and oxygen atoms in total. The topological polar surface area (TPSA) is 343 Å². The number of unbranched alkanes of at least 4 members (excludes halogenated alkanes) is 1. The van der Waals surface area contributed by atoms with Crippen LogP contribution in [-0.2, 0) is 50.2 Å². The molecule has 0 aliphatic heterocycles. The van der Waals surface area contributed by atoms with Crippen LogP contribution in [0.5, 0.6) is 0 Å². The van der Waals surface area contributed by atoms with E-state index in [1.807, 2.05) is 0 Å². The molecule has 1 rings (SSSR count). The van der Waals surface area contributed by atoms with Crippen molar-refractivity contribution in [1.29, 1.82) is 0 Å². The van der Waals surface area contributed by atoms with Crippen molar-refractivity contribution in [3.63, 3.8) is 0 Å². The van der Waals surface area contributed by atoms with Gasteiger partial charge in [0.2, 0.25) is 0 Å². The third-order valence-electron chi connectivity index (χ3n) is 4.97. The van der Waals surface area contributed by atoms with Crippen LogP contribution in [0.3, 0.4) is 0 Å². The second-order valence-corrected chi connectivity index (χ2v) is 14.1. The van der Waals surface area contributed by atoms with E-state index in [0.717, 1.165) is 0 Å². The number of hydrogen-bond donors (Lipinski definition) is 10. The summed E-state index contributed by atoms with van der Waals surface area (Å²) in [4.78, 5) is 95.5. The van der Waals surface area contributed by atoms with Crippen molar-refractivity contribution in [2.75, 3.05) is 6.61 Å². The molecule has 0 unspecified atom stereocenters. The van der Waals surface area contributed by atoms with Crippen molar-refractivity contribution < 1.29 is 99.1 Å². The van der Waals surface area contributed by atoms with E-state index in [2.05, 4.69) is 18.1 Å². The van der Waals surface area contributed by atoms with Gasteiger partial charge in [-0.25, -0.2) is 22.8 Å². The average molecular weight is 678 g/mol. The Kier molecular flexibility index (Phi) is 13.3. The third kappa shape index (κ3) is 12.7. The van der Waals surface area contributed by atoms with E-state index < -0.39 is 88.3 Å². The van der Waals surface area contributed by atoms with E-state index >= 15 is 0 Å². The molecule has 1 fully saturated rings. The number of phosphoric acid groups is 5. The molecule has 0 spiro atoms. The van der Waals surface area contributed by atoms with Gasteiger partial charge in [-0.05, 0) is 12.8 Å². The first-order valence-corrected chi connectivity index (χ1v) is 18.3. The quantitative estimate of drug-likeness (QED) is 0.0742. The molecule has 39 heavy (non-hydrogen) atoms. The van der Waals surface area contributed by atoms with E-state index in [4.69, 9.17) is 9.26 Å². The molecule has 26 heteroatoms. The molecular formula is C13H31O21P5. The fourth-order valence-electron chi connectivity index (χ4n) is 3.99. The highest BCUT2D eigenvalue weighted by atomic mass is 31.2. The summed E-state index contributed by atoms with van der Waals surface area (Å²) in [6.45, 7) is 2.48. The maximum absolute atomic E-state index is 12.1. The summed E-state index contributed by atoms with van der Waals surface area (Å²) in [5.74, 6) is 0. The molecule has 10 N–H and O–H groups in total. The lowest BCUT2D eigenvalue weighted by molar-refractivity contribution is -0.259. The lowest BCUT2D eigenvalue weighted by Gasteiger charge is -2.55. The van der Waals surface area contributed by atoms with Gasteiger partial charge in [0.05, 0.1) is 0 Å². The molecule has 1 aliphatic carbocycles. The normalized spacial score (nSPS) is 29.5. The summed E-state index contributed by atoms with van der Waals surface area (Å²) in [6.07, 6.45) is -14.0. The number of hydrogen-bond acceptors (Lipinski definition) is 11. The van der Waals surface area contributed by atoms with Gasteiger partial charge in [0.1, 0.15) is 36.1 Å². The molecule has 0 bridgehead atoms. The van der Waals surface area contributed by atoms with Crippen molar-refractivity contribution in [3.05, 3.63) is 0 Å². The maximum atomic E-state index is 12.1. The fourth-order valence-corrected chi connectivity index (χ4v) is 7.02. The van der Waals surface area contributed by atoms with Crippen LogP contribution in [0.2, 0.25) is 0 Å². The van der Waals surface area contributed by atoms with Crippen molar-refractivity contribution >= 4 is 39.1 Å². The second kappa shape index (κ2) is 13.9. The predicted molar refractivity (Wildman–Crippen MR) is 123 cm³/mol. The Bertz CT molecular complexity index is 1040. The average Bonchev–Trinajstić information content (AvgIpc) is 2.66. The van der Waals surface area contributed by atoms with Crippen LogP contribution in [0, 0.1) is 0 Å². The second-order valence-electron chi connectivity index (χ2n) is 8.13. The van der Waals surface area contributed by atoms with Crippen molar-refractivity contribution in [2.24, 2.45) is 0 Å². The van der Waals surface area contributed by atoms with Crippen LogP contribution in [0.1, 0.15) is 39.5 Å². The van der Waals surface area contributed by atoms with Gasteiger partial charge in [0.15, 0.2) is 0 Å². The standard InChI is InChI=1S/C13H31O21P5/c1-3-5-7-29-9-8(30-35(14,15)16)10(31-36(17,18)19)12(33-38(23,24)25)13(6-4-2,34-39(26,27)28)11(9)32-37(20,21)22/h8-12H,3-7H2,1-2H3,(H2,14,15,16)(H2,17,18,19)(H2,20,21,22)(H2,23,24,25)(H2,26,27,28)/t8-,9-,10+,11-,12-,13+/m0/s1. The van der Waals surface area contributed by atoms with Gasteiger partial charge in [0.25, 0.3) is 0 Å². The Morgan fingerprint density at radius 3 is 1.33 bits per heavy atom. The van der Waals surface area contributed by atoms with Gasteiger partial charge in [-0.1, -0.05) is 26.7 Å². The van der Waals surface area contributed by atoms with E-state index in [0.29, 0.717) is 6.42 Å². The molecule has 0 aromatic rings. The zero-order valence-corrected chi connectivity index (χ0v) is 24.6. The minimum atomic E-state index is -5.91. The minimum absolute atomic E-state index is 0.133. The SMILES string of the molecule is CCCCO[C@H]1[C@H](OP(=O)(O)O)[C@@H](OP(=O)(O)O)[C@H](OP(=O)(O)O)[C@](CCC)(OP(=O)(O)O)[C@H]1OP(=O)(O)O. The molecule has 0 aromatic heterocycles. The summed E-state index contributed by atoms with van der Waals surface area (Å²) in [6, 6.07) is 0. The van der Waals surface area contributed by atoms with E-state index in [1.165, 1.54) is 6.92 Å². The van der Waals surface area contributed by atoms with Gasteiger partial charge in [0, 0.05) is 6.61 Å². The number of phosphoric ester groups is 5. The van der Waals surface area contributed by atoms with Crippen molar-refractivity contribution in [1.82, 2.24) is 0 Å². The first-order valence-electron chi connectivity index (χ1n) is 10.7.